The van der Waals surface area contributed by atoms with E-state index in [4.69, 9.17) is 41.2 Å². The van der Waals surface area contributed by atoms with Crippen LogP contribution < -0.4 is 4.74 Å². The van der Waals surface area contributed by atoms with E-state index in [9.17, 15) is 23.2 Å². The topological polar surface area (TPSA) is 158 Å². The number of benzene rings is 1. The first-order valence-corrected chi connectivity index (χ1v) is 12.1. The van der Waals surface area contributed by atoms with Gasteiger partial charge in [0.05, 0.1) is 19.4 Å². The molecule has 2 bridgehead atoms. The SMILES string of the molecule is CN1C2CCC1[C@H](COc1cccc(F)c1F)[C@@H](c1ccc(Cl)o1)C2.O=C(O)CC(O)(CC(=O)O)C(=O)O. The molecule has 4 N–H and O–H groups in total. The molecule has 2 unspecified atom stereocenters. The molecule has 2 saturated heterocycles. The maximum atomic E-state index is 13.9. The van der Waals surface area contributed by atoms with E-state index >= 15 is 0 Å². The minimum absolute atomic E-state index is 0.0426. The van der Waals surface area contributed by atoms with Crippen LogP contribution in [-0.4, -0.2) is 74.6 Å². The molecule has 10 nitrogen and oxygen atoms in total. The van der Waals surface area contributed by atoms with Crippen LogP contribution in [0.3, 0.4) is 0 Å². The molecule has 38 heavy (non-hydrogen) atoms. The molecule has 1 aromatic heterocycles. The summed E-state index contributed by atoms with van der Waals surface area (Å²) in [5.74, 6) is -5.74. The molecule has 13 heteroatoms. The van der Waals surface area contributed by atoms with Crippen LogP contribution in [0.25, 0.3) is 0 Å². The molecule has 4 atom stereocenters. The van der Waals surface area contributed by atoms with Gasteiger partial charge in [0.2, 0.25) is 5.82 Å². The van der Waals surface area contributed by atoms with Gasteiger partial charge in [0.1, 0.15) is 5.76 Å². The van der Waals surface area contributed by atoms with Gasteiger partial charge >= 0.3 is 17.9 Å². The summed E-state index contributed by atoms with van der Waals surface area (Å²) in [6.45, 7) is 0.311. The maximum absolute atomic E-state index is 13.9. The number of rotatable bonds is 9. The third kappa shape index (κ3) is 6.80. The molecule has 2 fully saturated rings. The third-order valence-corrected chi connectivity index (χ3v) is 7.23. The lowest BCUT2D eigenvalue weighted by Crippen LogP contribution is -2.47. The summed E-state index contributed by atoms with van der Waals surface area (Å²) in [5.41, 5.74) is -2.74. The van der Waals surface area contributed by atoms with E-state index in [1.165, 1.54) is 12.1 Å². The van der Waals surface area contributed by atoms with Gasteiger partial charge < -0.3 is 34.5 Å². The molecule has 0 amide bonds. The summed E-state index contributed by atoms with van der Waals surface area (Å²) in [5, 5.41) is 34.2. The Morgan fingerprint density at radius 2 is 1.76 bits per heavy atom. The van der Waals surface area contributed by atoms with E-state index in [1.807, 2.05) is 6.07 Å². The molecule has 1 aromatic carbocycles. The Morgan fingerprint density at radius 3 is 2.32 bits per heavy atom. The summed E-state index contributed by atoms with van der Waals surface area (Å²) in [6, 6.07) is 8.52. The molecule has 208 valence electrons. The van der Waals surface area contributed by atoms with Crippen molar-refractivity contribution in [3.05, 3.63) is 52.9 Å². The number of nitrogens with zero attached hydrogens (tertiary/aromatic N) is 1. The van der Waals surface area contributed by atoms with Gasteiger partial charge in [-0.15, -0.1) is 0 Å². The number of carbonyl (C=O) groups is 3. The third-order valence-electron chi connectivity index (χ3n) is 7.02. The number of ether oxygens (including phenoxy) is 1. The van der Waals surface area contributed by atoms with Gasteiger partial charge in [-0.25, -0.2) is 9.18 Å². The number of aliphatic hydroxyl groups is 1. The van der Waals surface area contributed by atoms with Gasteiger partial charge in [-0.1, -0.05) is 6.07 Å². The van der Waals surface area contributed by atoms with Crippen LogP contribution in [0.4, 0.5) is 8.78 Å². The van der Waals surface area contributed by atoms with Gasteiger partial charge in [-0.05, 0) is 62.2 Å². The van der Waals surface area contributed by atoms with Crippen molar-refractivity contribution in [1.82, 2.24) is 4.90 Å². The average Bonchev–Trinajstić information content (AvgIpc) is 3.34. The smallest absolute Gasteiger partial charge is 0.336 e. The van der Waals surface area contributed by atoms with Crippen molar-refractivity contribution < 1.29 is 52.7 Å². The van der Waals surface area contributed by atoms with Crippen LogP contribution in [0, 0.1) is 17.6 Å². The van der Waals surface area contributed by atoms with Crippen LogP contribution in [0.2, 0.25) is 5.22 Å². The van der Waals surface area contributed by atoms with Gasteiger partial charge in [-0.3, -0.25) is 9.59 Å². The lowest BCUT2D eigenvalue weighted by molar-refractivity contribution is -0.170. The molecular weight excluding hydrogens is 532 g/mol. The van der Waals surface area contributed by atoms with Crippen molar-refractivity contribution in [2.45, 2.75) is 55.7 Å². The van der Waals surface area contributed by atoms with Gasteiger partial charge in [0.25, 0.3) is 0 Å². The molecule has 4 rings (SSSR count). The summed E-state index contributed by atoms with van der Waals surface area (Å²) >= 11 is 5.96. The molecule has 0 spiro atoms. The highest BCUT2D eigenvalue weighted by Gasteiger charge is 2.47. The maximum Gasteiger partial charge on any atom is 0.336 e. The Morgan fingerprint density at radius 1 is 1.11 bits per heavy atom. The molecule has 0 aliphatic carbocycles. The molecule has 2 aromatic rings. The number of carboxylic acids is 3. The largest absolute Gasteiger partial charge is 0.490 e. The second-order valence-electron chi connectivity index (χ2n) is 9.45. The van der Waals surface area contributed by atoms with E-state index < -0.39 is 48.0 Å². The molecule has 2 aliphatic heterocycles. The fourth-order valence-corrected chi connectivity index (χ4v) is 5.31. The average molecular weight is 560 g/mol. The Bertz CT molecular complexity index is 1160. The molecule has 3 heterocycles. The second-order valence-corrected chi connectivity index (χ2v) is 9.83. The van der Waals surface area contributed by atoms with Gasteiger partial charge in [0, 0.05) is 23.9 Å². The van der Waals surface area contributed by atoms with Crippen LogP contribution in [0.1, 0.15) is 43.8 Å². The highest BCUT2D eigenvalue weighted by Crippen LogP contribution is 2.47. The van der Waals surface area contributed by atoms with Crippen molar-refractivity contribution in [2.75, 3.05) is 13.7 Å². The Kier molecular flexibility index (Phi) is 9.34. The van der Waals surface area contributed by atoms with Crippen LogP contribution in [0.5, 0.6) is 5.75 Å². The quantitative estimate of drug-likeness (QED) is 0.357. The number of fused-ring (bicyclic) bond motifs is 2. The zero-order valence-electron chi connectivity index (χ0n) is 20.3. The van der Waals surface area contributed by atoms with E-state index in [2.05, 4.69) is 11.9 Å². The first-order valence-electron chi connectivity index (χ1n) is 11.8. The Balaban J connectivity index is 0.000000263. The monoisotopic (exact) mass is 559 g/mol. The van der Waals surface area contributed by atoms with Gasteiger partial charge in [-0.2, -0.15) is 4.39 Å². The minimum Gasteiger partial charge on any atom is -0.490 e. The van der Waals surface area contributed by atoms with Crippen molar-refractivity contribution >= 4 is 29.5 Å². The lowest BCUT2D eigenvalue weighted by atomic mass is 9.79. The van der Waals surface area contributed by atoms with E-state index in [0.717, 1.165) is 31.1 Å². The normalized spacial score (nSPS) is 22.9. The van der Waals surface area contributed by atoms with E-state index in [0.29, 0.717) is 23.9 Å². The van der Waals surface area contributed by atoms with Crippen LogP contribution in [-0.2, 0) is 14.4 Å². The number of carboxylic acid groups (broad SMARTS) is 3. The van der Waals surface area contributed by atoms with E-state index in [1.54, 1.807) is 6.07 Å². The highest BCUT2D eigenvalue weighted by molar-refractivity contribution is 6.28. The minimum atomic E-state index is -2.74. The highest BCUT2D eigenvalue weighted by atomic mass is 35.5. The number of aliphatic carboxylic acids is 3. The summed E-state index contributed by atoms with van der Waals surface area (Å²) in [7, 11) is 2.13. The number of furan rings is 1. The Labute approximate surface area is 221 Å². The molecule has 0 saturated carbocycles. The van der Waals surface area contributed by atoms with Crippen molar-refractivity contribution in [3.8, 4) is 5.75 Å². The van der Waals surface area contributed by atoms with Gasteiger partial charge in [0.15, 0.2) is 22.4 Å². The number of hydrogen-bond acceptors (Lipinski definition) is 7. The summed E-state index contributed by atoms with van der Waals surface area (Å²) < 4.78 is 38.7. The van der Waals surface area contributed by atoms with Crippen molar-refractivity contribution in [2.24, 2.45) is 5.92 Å². The predicted octanol–water partition coefficient (Wildman–Crippen LogP) is 3.61. The van der Waals surface area contributed by atoms with E-state index in [-0.39, 0.29) is 17.6 Å². The first kappa shape index (κ1) is 29.3. The fourth-order valence-electron chi connectivity index (χ4n) is 5.16. The van der Waals surface area contributed by atoms with Crippen molar-refractivity contribution in [1.29, 1.82) is 0 Å². The zero-order valence-corrected chi connectivity index (χ0v) is 21.1. The number of halogens is 3. The standard InChI is InChI=1S/C19H20ClF2NO2.C6H8O7/c1-23-11-5-6-15(23)13(12(9-11)16-7-8-18(20)25-16)10-24-17-4-2-3-14(21)19(17)22;7-3(8)1-6(13,5(11)12)2-4(9)10/h2-4,7-8,11-13,15H,5-6,9-10H2,1H3;13H,1-2H2,(H,7,8)(H,9,10)(H,11,12)/t11?,12-,13+,15?;/m0./s1. The second kappa shape index (κ2) is 12.1. The molecule has 2 aliphatic rings. The number of hydrogen-bond donors (Lipinski definition) is 4. The number of piperidine rings is 1. The zero-order chi connectivity index (χ0) is 28.2. The molecular formula is C25H28ClF2NO9. The molecule has 0 radical (unpaired) electrons. The lowest BCUT2D eigenvalue weighted by Gasteiger charge is -2.42. The van der Waals surface area contributed by atoms with Crippen molar-refractivity contribution in [3.63, 3.8) is 0 Å². The first-order chi connectivity index (χ1) is 17.8. The predicted molar refractivity (Wildman–Crippen MR) is 128 cm³/mol. The summed E-state index contributed by atoms with van der Waals surface area (Å²) in [4.78, 5) is 32.9. The Hall–Kier alpha value is -3.22. The summed E-state index contributed by atoms with van der Waals surface area (Å²) in [6.07, 6.45) is 0.877. The van der Waals surface area contributed by atoms with Crippen LogP contribution >= 0.6 is 11.6 Å². The van der Waals surface area contributed by atoms with Crippen LogP contribution in [0.15, 0.2) is 34.7 Å². The fraction of sp³-hybridized carbons (Fsp3) is 0.480.